The van der Waals surface area contributed by atoms with Gasteiger partial charge in [-0.25, -0.2) is 9.59 Å². The Kier molecular flexibility index (Phi) is 7.04. The number of carbonyl (C=O) groups excluding carboxylic acids is 3. The number of epoxide rings is 1. The summed E-state index contributed by atoms with van der Waals surface area (Å²) < 4.78 is 42.6. The molecule has 222 valence electrons. The Bertz CT molecular complexity index is 1240. The van der Waals surface area contributed by atoms with Crippen LogP contribution >= 0.6 is 0 Å². The molecule has 3 unspecified atom stereocenters. The molecule has 0 radical (unpaired) electrons. The first-order valence-corrected chi connectivity index (χ1v) is 14.3. The van der Waals surface area contributed by atoms with Crippen molar-refractivity contribution in [1.82, 2.24) is 0 Å². The third-order valence-corrected chi connectivity index (χ3v) is 9.96. The van der Waals surface area contributed by atoms with Gasteiger partial charge < -0.3 is 33.2 Å². The minimum Gasteiger partial charge on any atom is -0.462 e. The van der Waals surface area contributed by atoms with Gasteiger partial charge >= 0.3 is 17.9 Å². The van der Waals surface area contributed by atoms with Gasteiger partial charge in [0.2, 0.25) is 0 Å². The molecule has 0 aromatic carbocycles. The highest BCUT2D eigenvalue weighted by Crippen LogP contribution is 2.72. The molecule has 0 N–H and O–H groups in total. The van der Waals surface area contributed by atoms with Gasteiger partial charge in [-0.1, -0.05) is 36.8 Å². The third-order valence-electron chi connectivity index (χ3n) is 9.96. The number of hydrogen-bond acceptors (Lipinski definition) is 10. The second kappa shape index (κ2) is 10.2. The zero-order chi connectivity index (χ0) is 29.2. The fourth-order valence-corrected chi connectivity index (χ4v) is 7.64. The Morgan fingerprint density at radius 1 is 1.05 bits per heavy atom. The molecular weight excluding hydrogens is 532 g/mol. The lowest BCUT2D eigenvalue weighted by Crippen LogP contribution is -2.68. The molecule has 4 heterocycles. The van der Waals surface area contributed by atoms with Crippen LogP contribution < -0.4 is 0 Å². The van der Waals surface area contributed by atoms with E-state index in [0.717, 1.165) is 11.1 Å². The van der Waals surface area contributed by atoms with Crippen molar-refractivity contribution < 1.29 is 47.5 Å². The van der Waals surface area contributed by atoms with Crippen LogP contribution in [0.3, 0.4) is 0 Å². The van der Waals surface area contributed by atoms with Gasteiger partial charge in [0.15, 0.2) is 6.29 Å². The zero-order valence-corrected chi connectivity index (χ0v) is 24.1. The van der Waals surface area contributed by atoms with Gasteiger partial charge in [0.25, 0.3) is 0 Å². The van der Waals surface area contributed by atoms with E-state index in [1.54, 1.807) is 12.2 Å². The van der Waals surface area contributed by atoms with Crippen molar-refractivity contribution in [3.8, 4) is 0 Å². The number of ether oxygens (including phenoxy) is 7. The van der Waals surface area contributed by atoms with Crippen LogP contribution in [0, 0.1) is 10.8 Å². The van der Waals surface area contributed by atoms with E-state index in [4.69, 9.17) is 33.2 Å². The highest BCUT2D eigenvalue weighted by Gasteiger charge is 2.83. The number of esters is 3. The molecule has 3 saturated heterocycles. The summed E-state index contributed by atoms with van der Waals surface area (Å²) in [7, 11) is 0. The number of allylic oxidation sites excluding steroid dienone is 2. The Morgan fingerprint density at radius 3 is 2.56 bits per heavy atom. The van der Waals surface area contributed by atoms with Gasteiger partial charge in [-0.15, -0.1) is 0 Å². The largest absolute Gasteiger partial charge is 0.462 e. The Labute approximate surface area is 239 Å². The molecule has 10 nitrogen and oxygen atoms in total. The first kappa shape index (κ1) is 28.3. The fraction of sp³-hybridized carbons (Fsp3) is 0.645. The van der Waals surface area contributed by atoms with E-state index in [1.165, 1.54) is 19.1 Å². The molecule has 10 atom stereocenters. The Morgan fingerprint density at radius 2 is 1.83 bits per heavy atom. The Balaban J connectivity index is 1.40. The molecule has 6 rings (SSSR count). The maximum atomic E-state index is 13.2. The van der Waals surface area contributed by atoms with E-state index in [1.807, 2.05) is 39.8 Å². The molecule has 10 heteroatoms. The van der Waals surface area contributed by atoms with E-state index in [9.17, 15) is 14.4 Å². The predicted molar refractivity (Wildman–Crippen MR) is 143 cm³/mol. The summed E-state index contributed by atoms with van der Waals surface area (Å²) in [6, 6.07) is 0. The summed E-state index contributed by atoms with van der Waals surface area (Å²) in [5.74, 6) is -1.42. The maximum Gasteiger partial charge on any atom is 0.331 e. The quantitative estimate of drug-likeness (QED) is 0.201. The highest BCUT2D eigenvalue weighted by molar-refractivity contribution is 5.83. The number of fused-ring (bicyclic) bond motifs is 2. The third kappa shape index (κ3) is 4.59. The molecule has 0 amide bonds. The van der Waals surface area contributed by atoms with Crippen LogP contribution in [0.25, 0.3) is 0 Å². The summed E-state index contributed by atoms with van der Waals surface area (Å²) in [6.07, 6.45) is 8.26. The molecule has 1 saturated carbocycles. The fourth-order valence-electron chi connectivity index (χ4n) is 7.64. The lowest BCUT2D eigenvalue weighted by Gasteiger charge is -2.59. The van der Waals surface area contributed by atoms with Crippen LogP contribution in [-0.4, -0.2) is 79.6 Å². The van der Waals surface area contributed by atoms with E-state index in [2.05, 4.69) is 0 Å². The number of rotatable bonds is 1. The van der Waals surface area contributed by atoms with Crippen molar-refractivity contribution in [2.45, 2.75) is 102 Å². The standard InChI is InChI=1S/C31H38O10/c1-17-10-27(34)35-15-30-14-22(38-20(4)32)18(2)12-24(30)40-25-13-23(29(30,5)31(25)16-36-31)41-26(33)9-7-6-8-21-19(3)37-28(11-17)39-21/h6-10,12,19,21-25,28H,11,13-16H2,1-5H3/b8-6-,9-7-,17-10-/t19-,21?,22-,23+,24+,25+,28?,29+,30+,31?/m0/s1. The van der Waals surface area contributed by atoms with Crippen molar-refractivity contribution in [3.63, 3.8) is 0 Å². The SMILES string of the molecule is CC(=O)O[C@H]1C[C@@]23COC(=O)/C=C(/C)CC4OC(/C=C\C=C/C(=O)O[C@@H]5C[C@@H](O[C@@H]2C=C1C)C1(CO1)[C@]53C)[C@H](C)O4. The van der Waals surface area contributed by atoms with Crippen molar-refractivity contribution in [1.29, 1.82) is 0 Å². The minimum absolute atomic E-state index is 0.0433. The van der Waals surface area contributed by atoms with Crippen LogP contribution in [0.15, 0.2) is 47.6 Å². The van der Waals surface area contributed by atoms with Crippen molar-refractivity contribution in [2.24, 2.45) is 10.8 Å². The summed E-state index contributed by atoms with van der Waals surface area (Å²) >= 11 is 0. The monoisotopic (exact) mass is 570 g/mol. The molecule has 4 bridgehead atoms. The normalized spacial score (nSPS) is 48.4. The average Bonchev–Trinajstić information content (AvgIpc) is 3.59. The molecule has 41 heavy (non-hydrogen) atoms. The first-order chi connectivity index (χ1) is 19.5. The molecule has 2 spiro atoms. The topological polar surface area (TPSA) is 119 Å². The second-order valence-electron chi connectivity index (χ2n) is 12.4. The second-order valence-corrected chi connectivity index (χ2v) is 12.4. The number of cyclic esters (lactones) is 1. The summed E-state index contributed by atoms with van der Waals surface area (Å²) in [4.78, 5) is 38.4. The van der Waals surface area contributed by atoms with Gasteiger partial charge in [-0.2, -0.15) is 0 Å². The Hall–Kier alpha value is -2.79. The van der Waals surface area contributed by atoms with E-state index >= 15 is 0 Å². The van der Waals surface area contributed by atoms with Crippen molar-refractivity contribution in [3.05, 3.63) is 47.6 Å². The van der Waals surface area contributed by atoms with E-state index in [-0.39, 0.29) is 24.9 Å². The molecule has 6 aliphatic rings. The van der Waals surface area contributed by atoms with Crippen molar-refractivity contribution >= 4 is 17.9 Å². The molecular formula is C31H38O10. The lowest BCUT2D eigenvalue weighted by atomic mass is 9.51. The summed E-state index contributed by atoms with van der Waals surface area (Å²) in [5, 5.41) is 0. The van der Waals surface area contributed by atoms with Gasteiger partial charge in [0, 0.05) is 38.3 Å². The number of hydrogen-bond donors (Lipinski definition) is 0. The zero-order valence-electron chi connectivity index (χ0n) is 24.1. The van der Waals surface area contributed by atoms with E-state index < -0.39 is 58.9 Å². The van der Waals surface area contributed by atoms with Gasteiger partial charge in [-0.05, 0) is 26.3 Å². The van der Waals surface area contributed by atoms with Gasteiger partial charge in [-0.3, -0.25) is 4.79 Å². The van der Waals surface area contributed by atoms with Crippen LogP contribution in [0.1, 0.15) is 53.9 Å². The van der Waals surface area contributed by atoms with Crippen LogP contribution in [-0.2, 0) is 47.5 Å². The summed E-state index contributed by atoms with van der Waals surface area (Å²) in [5.41, 5.74) is -0.803. The number of carbonyl (C=O) groups is 3. The molecule has 0 aromatic rings. The lowest BCUT2D eigenvalue weighted by molar-refractivity contribution is -0.239. The molecule has 4 fully saturated rings. The predicted octanol–water partition coefficient (Wildman–Crippen LogP) is 3.25. The van der Waals surface area contributed by atoms with Crippen LogP contribution in [0.2, 0.25) is 0 Å². The average molecular weight is 571 g/mol. The van der Waals surface area contributed by atoms with Crippen molar-refractivity contribution in [2.75, 3.05) is 13.2 Å². The molecule has 0 aromatic heterocycles. The van der Waals surface area contributed by atoms with Gasteiger partial charge in [0.05, 0.1) is 35.7 Å². The summed E-state index contributed by atoms with van der Waals surface area (Å²) in [6.45, 7) is 9.45. The molecule has 4 aliphatic heterocycles. The highest BCUT2D eigenvalue weighted by atomic mass is 16.7. The van der Waals surface area contributed by atoms with Crippen LogP contribution in [0.5, 0.6) is 0 Å². The first-order valence-electron chi connectivity index (χ1n) is 14.3. The minimum atomic E-state index is -0.909. The van der Waals surface area contributed by atoms with Gasteiger partial charge in [0.1, 0.15) is 30.5 Å². The maximum absolute atomic E-state index is 13.2. The van der Waals surface area contributed by atoms with Crippen LogP contribution in [0.4, 0.5) is 0 Å². The smallest absolute Gasteiger partial charge is 0.331 e. The molecule has 2 aliphatic carbocycles. The van der Waals surface area contributed by atoms with E-state index in [0.29, 0.717) is 25.9 Å².